The number of ether oxygens (including phenoxy) is 2. The Morgan fingerprint density at radius 3 is 2.77 bits per heavy atom. The normalized spacial score (nSPS) is 20.6. The van der Waals surface area contributed by atoms with Crippen molar-refractivity contribution in [1.82, 2.24) is 4.98 Å². The molecule has 1 aromatic carbocycles. The predicted octanol–water partition coefficient (Wildman–Crippen LogP) is 3.71. The minimum atomic E-state index is -0.666. The number of ketones is 1. The first-order valence-corrected chi connectivity index (χ1v) is 10.5. The first-order valence-electron chi connectivity index (χ1n) is 10.5. The molecule has 1 aliphatic heterocycles. The lowest BCUT2D eigenvalue weighted by Gasteiger charge is -2.18. The zero-order valence-corrected chi connectivity index (χ0v) is 16.6. The summed E-state index contributed by atoms with van der Waals surface area (Å²) in [5.41, 5.74) is 1.26. The van der Waals surface area contributed by atoms with Gasteiger partial charge in [-0.3, -0.25) is 9.59 Å². The number of Topliss-reactive ketones (excluding diaryl/α,β-unsaturated/α-hetero) is 1. The molecule has 2 aromatic rings. The van der Waals surface area contributed by atoms with Gasteiger partial charge in [0.25, 0.3) is 5.91 Å². The number of fused-ring (bicyclic) bond motifs is 1. The van der Waals surface area contributed by atoms with Crippen LogP contribution in [0.2, 0.25) is 0 Å². The first-order chi connectivity index (χ1) is 14.6. The minimum absolute atomic E-state index is 0.0734. The maximum Gasteiger partial charge on any atom is 0.268 e. The van der Waals surface area contributed by atoms with Crippen molar-refractivity contribution in [3.05, 3.63) is 47.4 Å². The Hall–Kier alpha value is -2.96. The van der Waals surface area contributed by atoms with E-state index in [1.807, 2.05) is 0 Å². The van der Waals surface area contributed by atoms with Crippen LogP contribution in [-0.2, 0) is 11.2 Å². The number of aromatic nitrogens is 1. The van der Waals surface area contributed by atoms with Crippen LogP contribution in [0.15, 0.2) is 30.5 Å². The van der Waals surface area contributed by atoms with Crippen LogP contribution in [0.25, 0.3) is 0 Å². The summed E-state index contributed by atoms with van der Waals surface area (Å²) in [5, 5.41) is 0. The summed E-state index contributed by atoms with van der Waals surface area (Å²) < 4.78 is 25.8. The van der Waals surface area contributed by atoms with Crippen molar-refractivity contribution in [2.24, 2.45) is 5.92 Å². The fourth-order valence-corrected chi connectivity index (χ4v) is 4.10. The number of pyridine rings is 1. The SMILES string of the molecule is O=C1CCc2c(F)cc(N3CC[C@@H](Oc4ccc(OCCC5CC5)nc4)C3=O)cc21. The third-order valence-electron chi connectivity index (χ3n) is 6.01. The molecule has 6 nitrogen and oxygen atoms in total. The van der Waals surface area contributed by atoms with Gasteiger partial charge in [0.05, 0.1) is 12.8 Å². The van der Waals surface area contributed by atoms with Crippen molar-refractivity contribution in [1.29, 1.82) is 0 Å². The first kappa shape index (κ1) is 19.0. The van der Waals surface area contributed by atoms with Crippen molar-refractivity contribution < 1.29 is 23.5 Å². The predicted molar refractivity (Wildman–Crippen MR) is 108 cm³/mol. The van der Waals surface area contributed by atoms with Gasteiger partial charge >= 0.3 is 0 Å². The summed E-state index contributed by atoms with van der Waals surface area (Å²) in [4.78, 5) is 30.5. The highest BCUT2D eigenvalue weighted by atomic mass is 19.1. The van der Waals surface area contributed by atoms with Crippen LogP contribution in [0, 0.1) is 11.7 Å². The molecule has 0 unspecified atom stereocenters. The molecule has 3 aliphatic rings. The lowest BCUT2D eigenvalue weighted by Crippen LogP contribution is -2.32. The van der Waals surface area contributed by atoms with Gasteiger partial charge in [-0.05, 0) is 42.5 Å². The Kier molecular flexibility index (Phi) is 4.89. The van der Waals surface area contributed by atoms with Gasteiger partial charge in [0.15, 0.2) is 11.9 Å². The Labute approximate surface area is 174 Å². The molecular formula is C23H23FN2O4. The van der Waals surface area contributed by atoms with E-state index >= 15 is 0 Å². The van der Waals surface area contributed by atoms with Crippen LogP contribution >= 0.6 is 0 Å². The number of hydrogen-bond acceptors (Lipinski definition) is 5. The third kappa shape index (κ3) is 3.76. The van der Waals surface area contributed by atoms with Gasteiger partial charge in [-0.1, -0.05) is 12.8 Å². The molecule has 2 aliphatic carbocycles. The van der Waals surface area contributed by atoms with Gasteiger partial charge in [0, 0.05) is 36.7 Å². The van der Waals surface area contributed by atoms with Gasteiger partial charge < -0.3 is 14.4 Å². The average molecular weight is 410 g/mol. The molecule has 0 bridgehead atoms. The van der Waals surface area contributed by atoms with E-state index < -0.39 is 11.9 Å². The Balaban J connectivity index is 1.22. The summed E-state index contributed by atoms with van der Waals surface area (Å²) in [7, 11) is 0. The molecule has 0 radical (unpaired) electrons. The van der Waals surface area contributed by atoms with Crippen LogP contribution in [0.5, 0.6) is 11.6 Å². The standard InChI is InChI=1S/C23H23FN2O4/c24-19-12-15(11-18-17(19)4-5-20(18)27)26-9-7-21(23(26)28)30-16-3-6-22(25-13-16)29-10-8-14-1-2-14/h3,6,11-14,21H,1-2,4-5,7-10H2/t21-/m1/s1. The molecule has 1 atom stereocenters. The second-order valence-electron chi connectivity index (χ2n) is 8.17. The number of nitrogens with zero attached hydrogens (tertiary/aromatic N) is 2. The monoisotopic (exact) mass is 410 g/mol. The smallest absolute Gasteiger partial charge is 0.268 e. The number of amides is 1. The highest BCUT2D eigenvalue weighted by Gasteiger charge is 2.36. The van der Waals surface area contributed by atoms with Crippen molar-refractivity contribution in [3.8, 4) is 11.6 Å². The number of carbonyl (C=O) groups is 2. The fraction of sp³-hybridized carbons (Fsp3) is 0.435. The van der Waals surface area contributed by atoms with Gasteiger partial charge in [-0.25, -0.2) is 9.37 Å². The zero-order valence-electron chi connectivity index (χ0n) is 16.6. The summed E-state index contributed by atoms with van der Waals surface area (Å²) in [6.07, 6.45) is 5.76. The molecule has 1 saturated heterocycles. The molecule has 156 valence electrons. The maximum atomic E-state index is 14.4. The minimum Gasteiger partial charge on any atom is -0.479 e. The maximum absolute atomic E-state index is 14.4. The van der Waals surface area contributed by atoms with Crippen LogP contribution in [-0.4, -0.2) is 35.9 Å². The molecule has 30 heavy (non-hydrogen) atoms. The van der Waals surface area contributed by atoms with Crippen molar-refractivity contribution in [2.45, 2.75) is 44.6 Å². The van der Waals surface area contributed by atoms with Crippen molar-refractivity contribution >= 4 is 17.4 Å². The third-order valence-corrected chi connectivity index (χ3v) is 6.01. The molecule has 1 amide bonds. The Morgan fingerprint density at radius 1 is 1.13 bits per heavy atom. The highest BCUT2D eigenvalue weighted by Crippen LogP contribution is 2.33. The van der Waals surface area contributed by atoms with E-state index in [1.54, 1.807) is 24.4 Å². The van der Waals surface area contributed by atoms with Crippen LogP contribution in [0.3, 0.4) is 0 Å². The number of benzene rings is 1. The van der Waals surface area contributed by atoms with E-state index in [-0.39, 0.29) is 11.7 Å². The number of anilines is 1. The number of carbonyl (C=O) groups excluding carboxylic acids is 2. The van der Waals surface area contributed by atoms with E-state index in [4.69, 9.17) is 9.47 Å². The van der Waals surface area contributed by atoms with Gasteiger partial charge in [0.2, 0.25) is 5.88 Å². The van der Waals surface area contributed by atoms with Crippen molar-refractivity contribution in [2.75, 3.05) is 18.1 Å². The molecule has 5 rings (SSSR count). The molecule has 2 fully saturated rings. The lowest BCUT2D eigenvalue weighted by atomic mass is 10.1. The van der Waals surface area contributed by atoms with Crippen LogP contribution < -0.4 is 14.4 Å². The van der Waals surface area contributed by atoms with Crippen LogP contribution in [0.1, 0.15) is 48.0 Å². The summed E-state index contributed by atoms with van der Waals surface area (Å²) >= 11 is 0. The second kappa shape index (κ2) is 7.70. The Morgan fingerprint density at radius 2 is 2.00 bits per heavy atom. The molecule has 2 heterocycles. The van der Waals surface area contributed by atoms with E-state index in [2.05, 4.69) is 4.98 Å². The molecule has 1 aromatic heterocycles. The molecule has 1 saturated carbocycles. The van der Waals surface area contributed by atoms with Gasteiger partial charge in [0.1, 0.15) is 11.6 Å². The number of halogens is 1. The van der Waals surface area contributed by atoms with E-state index in [0.717, 1.165) is 12.3 Å². The highest BCUT2D eigenvalue weighted by molar-refractivity contribution is 6.04. The quantitative estimate of drug-likeness (QED) is 0.696. The van der Waals surface area contributed by atoms with E-state index in [0.29, 0.717) is 60.9 Å². The zero-order chi connectivity index (χ0) is 20.7. The summed E-state index contributed by atoms with van der Waals surface area (Å²) in [6.45, 7) is 1.07. The van der Waals surface area contributed by atoms with Gasteiger partial charge in [-0.15, -0.1) is 0 Å². The molecule has 0 N–H and O–H groups in total. The molecular weight excluding hydrogens is 387 g/mol. The summed E-state index contributed by atoms with van der Waals surface area (Å²) in [6, 6.07) is 6.44. The number of rotatable bonds is 7. The van der Waals surface area contributed by atoms with E-state index in [1.165, 1.54) is 23.8 Å². The molecule has 7 heteroatoms. The summed E-state index contributed by atoms with van der Waals surface area (Å²) in [5.74, 6) is 1.09. The lowest BCUT2D eigenvalue weighted by molar-refractivity contribution is -0.122. The topological polar surface area (TPSA) is 68.7 Å². The average Bonchev–Trinajstić information content (AvgIpc) is 3.39. The van der Waals surface area contributed by atoms with Crippen LogP contribution in [0.4, 0.5) is 10.1 Å². The van der Waals surface area contributed by atoms with Gasteiger partial charge in [-0.2, -0.15) is 0 Å². The van der Waals surface area contributed by atoms with E-state index in [9.17, 15) is 14.0 Å². The largest absolute Gasteiger partial charge is 0.479 e. The fourth-order valence-electron chi connectivity index (χ4n) is 4.10. The molecule has 0 spiro atoms. The van der Waals surface area contributed by atoms with Crippen molar-refractivity contribution in [3.63, 3.8) is 0 Å². The Bertz CT molecular complexity index is 987. The second-order valence-corrected chi connectivity index (χ2v) is 8.17. The number of hydrogen-bond donors (Lipinski definition) is 0.